The molecule has 5 heteroatoms. The Bertz CT molecular complexity index is 584. The molecule has 1 aromatic heterocycles. The second kappa shape index (κ2) is 4.29. The fourth-order valence-electron chi connectivity index (χ4n) is 1.46. The Morgan fingerprint density at radius 1 is 1.12 bits per heavy atom. The van der Waals surface area contributed by atoms with Crippen molar-refractivity contribution < 1.29 is 18.7 Å². The van der Waals surface area contributed by atoms with Gasteiger partial charge >= 0.3 is 5.97 Å². The second-order valence-electron chi connectivity index (χ2n) is 3.36. The van der Waals surface area contributed by atoms with Crippen molar-refractivity contribution in [1.82, 2.24) is 4.98 Å². The summed E-state index contributed by atoms with van der Waals surface area (Å²) in [5.41, 5.74) is -0.120. The molecular formula is C12H7F2NO2. The summed E-state index contributed by atoms with van der Waals surface area (Å²) >= 11 is 0. The number of pyridine rings is 1. The molecule has 0 spiro atoms. The molecule has 1 heterocycles. The molecule has 0 aliphatic heterocycles. The topological polar surface area (TPSA) is 50.2 Å². The molecule has 86 valence electrons. The molecule has 17 heavy (non-hydrogen) atoms. The summed E-state index contributed by atoms with van der Waals surface area (Å²) in [6.07, 6.45) is 2.31. The average Bonchev–Trinajstić information content (AvgIpc) is 2.30. The molecule has 2 aromatic rings. The number of carboxylic acid groups (broad SMARTS) is 1. The van der Waals surface area contributed by atoms with Gasteiger partial charge in [0.2, 0.25) is 0 Å². The second-order valence-corrected chi connectivity index (χ2v) is 3.36. The van der Waals surface area contributed by atoms with E-state index in [2.05, 4.69) is 4.98 Å². The number of rotatable bonds is 2. The Morgan fingerprint density at radius 2 is 1.82 bits per heavy atom. The highest BCUT2D eigenvalue weighted by Gasteiger charge is 2.12. The van der Waals surface area contributed by atoms with E-state index in [0.29, 0.717) is 0 Å². The lowest BCUT2D eigenvalue weighted by Crippen LogP contribution is -1.98. The molecular weight excluding hydrogens is 228 g/mol. The number of halogens is 2. The lowest BCUT2D eigenvalue weighted by atomic mass is 10.0. The van der Waals surface area contributed by atoms with Crippen LogP contribution in [0.4, 0.5) is 8.78 Å². The number of carbonyl (C=O) groups is 1. The van der Waals surface area contributed by atoms with Crippen molar-refractivity contribution in [3.8, 4) is 11.1 Å². The maximum Gasteiger partial charge on any atom is 0.335 e. The fourth-order valence-corrected chi connectivity index (χ4v) is 1.46. The zero-order valence-electron chi connectivity index (χ0n) is 8.52. The van der Waals surface area contributed by atoms with Gasteiger partial charge in [-0.15, -0.1) is 0 Å². The Hall–Kier alpha value is -2.30. The van der Waals surface area contributed by atoms with Crippen molar-refractivity contribution in [3.05, 3.63) is 53.9 Å². The summed E-state index contributed by atoms with van der Waals surface area (Å²) in [6, 6.07) is 4.64. The first-order chi connectivity index (χ1) is 8.09. The third-order valence-electron chi connectivity index (χ3n) is 2.28. The number of nitrogens with zero attached hydrogens (tertiary/aromatic N) is 1. The molecule has 1 aromatic carbocycles. The molecule has 0 aliphatic rings. The highest BCUT2D eigenvalue weighted by molar-refractivity contribution is 5.88. The predicted octanol–water partition coefficient (Wildman–Crippen LogP) is 2.73. The summed E-state index contributed by atoms with van der Waals surface area (Å²) in [7, 11) is 0. The van der Waals surface area contributed by atoms with Gasteiger partial charge in [-0.2, -0.15) is 0 Å². The molecule has 0 radical (unpaired) electrons. The van der Waals surface area contributed by atoms with Gasteiger partial charge in [-0.1, -0.05) is 6.07 Å². The normalized spacial score (nSPS) is 10.2. The van der Waals surface area contributed by atoms with E-state index in [0.717, 1.165) is 12.3 Å². The zero-order valence-corrected chi connectivity index (χ0v) is 8.52. The zero-order chi connectivity index (χ0) is 12.4. The molecule has 0 fully saturated rings. The average molecular weight is 235 g/mol. The number of carboxylic acids is 1. The fraction of sp³-hybridized carbons (Fsp3) is 0. The number of aromatic carboxylic acids is 1. The summed E-state index contributed by atoms with van der Waals surface area (Å²) in [4.78, 5) is 14.2. The first-order valence-electron chi connectivity index (χ1n) is 4.72. The van der Waals surface area contributed by atoms with E-state index in [1.807, 2.05) is 0 Å². The van der Waals surface area contributed by atoms with Crippen LogP contribution in [0.15, 0.2) is 36.7 Å². The first-order valence-corrected chi connectivity index (χ1v) is 4.72. The standard InChI is InChI=1S/C12H7F2NO2/c13-10-5-7(12(16)17)1-2-8(10)9-3-4-15-6-11(9)14/h1-6H,(H,16,17). The third kappa shape index (κ3) is 2.13. The van der Waals surface area contributed by atoms with E-state index in [-0.39, 0.29) is 16.7 Å². The summed E-state index contributed by atoms with van der Waals surface area (Å²) in [5, 5.41) is 8.67. The van der Waals surface area contributed by atoms with Crippen LogP contribution in [-0.4, -0.2) is 16.1 Å². The van der Waals surface area contributed by atoms with Crippen molar-refractivity contribution in [1.29, 1.82) is 0 Å². The monoisotopic (exact) mass is 235 g/mol. The van der Waals surface area contributed by atoms with Gasteiger partial charge in [-0.25, -0.2) is 13.6 Å². The predicted molar refractivity (Wildman–Crippen MR) is 56.5 cm³/mol. The lowest BCUT2D eigenvalue weighted by Gasteiger charge is -2.05. The quantitative estimate of drug-likeness (QED) is 0.870. The molecule has 2 rings (SSSR count). The molecule has 3 nitrogen and oxygen atoms in total. The number of hydrogen-bond acceptors (Lipinski definition) is 2. The van der Waals surface area contributed by atoms with Gasteiger partial charge in [0, 0.05) is 17.3 Å². The van der Waals surface area contributed by atoms with Crippen LogP contribution in [0.1, 0.15) is 10.4 Å². The first kappa shape index (κ1) is 11.2. The highest BCUT2D eigenvalue weighted by Crippen LogP contribution is 2.25. The molecule has 0 atom stereocenters. The summed E-state index contributed by atoms with van der Waals surface area (Å²) in [5.74, 6) is -2.67. The molecule has 0 bridgehead atoms. The van der Waals surface area contributed by atoms with Crippen LogP contribution in [0.25, 0.3) is 11.1 Å². The minimum atomic E-state index is -1.23. The van der Waals surface area contributed by atoms with Crippen LogP contribution in [0.3, 0.4) is 0 Å². The van der Waals surface area contributed by atoms with Crippen LogP contribution in [-0.2, 0) is 0 Å². The lowest BCUT2D eigenvalue weighted by molar-refractivity contribution is 0.0696. The maximum absolute atomic E-state index is 13.6. The van der Waals surface area contributed by atoms with E-state index in [1.54, 1.807) is 0 Å². The molecule has 0 saturated carbocycles. The van der Waals surface area contributed by atoms with Crippen LogP contribution >= 0.6 is 0 Å². The van der Waals surface area contributed by atoms with E-state index < -0.39 is 17.6 Å². The summed E-state index contributed by atoms with van der Waals surface area (Å²) in [6.45, 7) is 0. The van der Waals surface area contributed by atoms with Gasteiger partial charge in [0.15, 0.2) is 0 Å². The van der Waals surface area contributed by atoms with Crippen molar-refractivity contribution >= 4 is 5.97 Å². The van der Waals surface area contributed by atoms with Crippen molar-refractivity contribution in [2.75, 3.05) is 0 Å². The Morgan fingerprint density at radius 3 is 2.41 bits per heavy atom. The van der Waals surface area contributed by atoms with Gasteiger partial charge < -0.3 is 5.11 Å². The molecule has 0 aliphatic carbocycles. The number of aromatic nitrogens is 1. The minimum absolute atomic E-state index is 0.00917. The van der Waals surface area contributed by atoms with Crippen molar-refractivity contribution in [3.63, 3.8) is 0 Å². The molecule has 0 unspecified atom stereocenters. The van der Waals surface area contributed by atoms with E-state index in [1.165, 1.54) is 24.4 Å². The summed E-state index contributed by atoms with van der Waals surface area (Å²) < 4.78 is 27.0. The Kier molecular flexibility index (Phi) is 2.82. The van der Waals surface area contributed by atoms with Gasteiger partial charge in [0.25, 0.3) is 0 Å². The maximum atomic E-state index is 13.6. The van der Waals surface area contributed by atoms with Gasteiger partial charge in [0.05, 0.1) is 11.8 Å². The smallest absolute Gasteiger partial charge is 0.335 e. The largest absolute Gasteiger partial charge is 0.478 e. The SMILES string of the molecule is O=C(O)c1ccc(-c2ccncc2F)c(F)c1. The van der Waals surface area contributed by atoms with E-state index >= 15 is 0 Å². The number of benzene rings is 1. The third-order valence-corrected chi connectivity index (χ3v) is 2.28. The van der Waals surface area contributed by atoms with E-state index in [4.69, 9.17) is 5.11 Å². The van der Waals surface area contributed by atoms with Crippen LogP contribution in [0, 0.1) is 11.6 Å². The Labute approximate surface area is 95.4 Å². The van der Waals surface area contributed by atoms with Crippen molar-refractivity contribution in [2.45, 2.75) is 0 Å². The highest BCUT2D eigenvalue weighted by atomic mass is 19.1. The van der Waals surface area contributed by atoms with Gasteiger partial charge in [-0.3, -0.25) is 4.98 Å². The van der Waals surface area contributed by atoms with E-state index in [9.17, 15) is 13.6 Å². The minimum Gasteiger partial charge on any atom is -0.478 e. The van der Waals surface area contributed by atoms with Crippen LogP contribution in [0.2, 0.25) is 0 Å². The van der Waals surface area contributed by atoms with Gasteiger partial charge in [-0.05, 0) is 18.2 Å². The van der Waals surface area contributed by atoms with Crippen molar-refractivity contribution in [2.24, 2.45) is 0 Å². The Balaban J connectivity index is 2.55. The van der Waals surface area contributed by atoms with Gasteiger partial charge in [0.1, 0.15) is 11.6 Å². The van der Waals surface area contributed by atoms with Crippen LogP contribution < -0.4 is 0 Å². The molecule has 0 saturated heterocycles. The molecule has 1 N–H and O–H groups in total. The van der Waals surface area contributed by atoms with Crippen LogP contribution in [0.5, 0.6) is 0 Å². The molecule has 0 amide bonds. The number of hydrogen-bond donors (Lipinski definition) is 1.